The van der Waals surface area contributed by atoms with Crippen LogP contribution in [0.25, 0.3) is 0 Å². The minimum Gasteiger partial charge on any atom is -0.378 e. The first-order valence-corrected chi connectivity index (χ1v) is 8.43. The van der Waals surface area contributed by atoms with Crippen LogP contribution in [0.4, 0.5) is 0 Å². The highest BCUT2D eigenvalue weighted by molar-refractivity contribution is 5.75. The average molecular weight is 307 g/mol. The highest BCUT2D eigenvalue weighted by Crippen LogP contribution is 2.16. The lowest BCUT2D eigenvalue weighted by Gasteiger charge is -2.25. The Morgan fingerprint density at radius 1 is 1.45 bits per heavy atom. The molecule has 5 heteroatoms. The van der Waals surface area contributed by atoms with E-state index in [-0.39, 0.29) is 5.91 Å². The first-order valence-electron chi connectivity index (χ1n) is 8.43. The lowest BCUT2D eigenvalue weighted by Crippen LogP contribution is -2.31. The van der Waals surface area contributed by atoms with Gasteiger partial charge in [-0.3, -0.25) is 9.48 Å². The molecule has 0 aromatic carbocycles. The van der Waals surface area contributed by atoms with Crippen molar-refractivity contribution in [1.29, 1.82) is 0 Å². The first kappa shape index (κ1) is 17.0. The lowest BCUT2D eigenvalue weighted by molar-refractivity contribution is -0.130. The molecule has 0 unspecified atom stereocenters. The number of amides is 1. The molecule has 1 saturated heterocycles. The van der Waals surface area contributed by atoms with E-state index in [4.69, 9.17) is 4.74 Å². The summed E-state index contributed by atoms with van der Waals surface area (Å²) in [6.45, 7) is 6.53. The zero-order valence-corrected chi connectivity index (χ0v) is 14.2. The Kier molecular flexibility index (Phi) is 6.43. The Labute approximate surface area is 133 Å². The molecule has 1 amide bonds. The third-order valence-electron chi connectivity index (χ3n) is 4.35. The Bertz CT molecular complexity index is 478. The van der Waals surface area contributed by atoms with E-state index in [2.05, 4.69) is 18.1 Å². The summed E-state index contributed by atoms with van der Waals surface area (Å²) >= 11 is 0. The molecule has 2 heterocycles. The number of hydrogen-bond acceptors (Lipinski definition) is 3. The van der Waals surface area contributed by atoms with E-state index < -0.39 is 0 Å². The maximum atomic E-state index is 12.2. The van der Waals surface area contributed by atoms with E-state index >= 15 is 0 Å². The quantitative estimate of drug-likeness (QED) is 0.778. The number of carbonyl (C=O) groups excluding carboxylic acids is 1. The van der Waals surface area contributed by atoms with Gasteiger partial charge in [-0.2, -0.15) is 5.10 Å². The second-order valence-corrected chi connectivity index (χ2v) is 6.35. The van der Waals surface area contributed by atoms with Crippen LogP contribution in [0.15, 0.2) is 6.07 Å². The van der Waals surface area contributed by atoms with Crippen LogP contribution >= 0.6 is 0 Å². The summed E-state index contributed by atoms with van der Waals surface area (Å²) in [6, 6.07) is 2.07. The molecule has 1 aromatic heterocycles. The van der Waals surface area contributed by atoms with Crippen molar-refractivity contribution in [1.82, 2.24) is 14.7 Å². The SMILES string of the molecule is Cc1cc(C)n(CCCC(=O)N(C)CC[C@H]2CCCCO2)n1. The number of hydrogen-bond donors (Lipinski definition) is 0. The Morgan fingerprint density at radius 2 is 2.27 bits per heavy atom. The van der Waals surface area contributed by atoms with Crippen molar-refractivity contribution in [2.45, 2.75) is 65.0 Å². The molecule has 0 bridgehead atoms. The number of aromatic nitrogens is 2. The van der Waals surface area contributed by atoms with E-state index in [0.717, 1.165) is 50.3 Å². The number of nitrogens with zero attached hydrogens (tertiary/aromatic N) is 3. The molecule has 1 aliphatic rings. The minimum absolute atomic E-state index is 0.220. The molecule has 22 heavy (non-hydrogen) atoms. The third kappa shape index (κ3) is 5.13. The van der Waals surface area contributed by atoms with Gasteiger partial charge >= 0.3 is 0 Å². The summed E-state index contributed by atoms with van der Waals surface area (Å²) in [4.78, 5) is 14.0. The molecule has 5 nitrogen and oxygen atoms in total. The number of rotatable bonds is 7. The van der Waals surface area contributed by atoms with Gasteiger partial charge in [-0.15, -0.1) is 0 Å². The molecule has 124 valence electrons. The zero-order chi connectivity index (χ0) is 15.9. The monoisotopic (exact) mass is 307 g/mol. The van der Waals surface area contributed by atoms with Gasteiger partial charge < -0.3 is 9.64 Å². The number of aryl methyl sites for hydroxylation is 3. The molecule has 1 fully saturated rings. The van der Waals surface area contributed by atoms with Crippen molar-refractivity contribution in [3.63, 3.8) is 0 Å². The second kappa shape index (κ2) is 8.32. The summed E-state index contributed by atoms with van der Waals surface area (Å²) in [7, 11) is 1.90. The summed E-state index contributed by atoms with van der Waals surface area (Å²) in [5, 5.41) is 4.42. The van der Waals surface area contributed by atoms with Gasteiger partial charge in [0.25, 0.3) is 0 Å². The van der Waals surface area contributed by atoms with E-state index in [1.807, 2.05) is 23.6 Å². The summed E-state index contributed by atoms with van der Waals surface area (Å²) in [5.74, 6) is 0.220. The maximum absolute atomic E-state index is 12.2. The van der Waals surface area contributed by atoms with Gasteiger partial charge in [0.05, 0.1) is 11.8 Å². The summed E-state index contributed by atoms with van der Waals surface area (Å²) in [6.07, 6.45) is 6.30. The van der Waals surface area contributed by atoms with Gasteiger partial charge in [0.1, 0.15) is 0 Å². The third-order valence-corrected chi connectivity index (χ3v) is 4.35. The maximum Gasteiger partial charge on any atom is 0.222 e. The molecule has 0 aliphatic carbocycles. The number of ether oxygens (including phenoxy) is 1. The minimum atomic E-state index is 0.220. The normalized spacial score (nSPS) is 18.4. The van der Waals surface area contributed by atoms with E-state index in [1.165, 1.54) is 12.8 Å². The molecule has 1 atom stereocenters. The fourth-order valence-electron chi connectivity index (χ4n) is 2.97. The van der Waals surface area contributed by atoms with Crippen molar-refractivity contribution >= 4 is 5.91 Å². The Balaban J connectivity index is 1.64. The van der Waals surface area contributed by atoms with Crippen LogP contribution in [0.2, 0.25) is 0 Å². The zero-order valence-electron chi connectivity index (χ0n) is 14.2. The van der Waals surface area contributed by atoms with Gasteiger partial charge in [0.15, 0.2) is 0 Å². The average Bonchev–Trinajstić information content (AvgIpc) is 2.83. The molecular weight excluding hydrogens is 278 g/mol. The van der Waals surface area contributed by atoms with Crippen molar-refractivity contribution in [3.8, 4) is 0 Å². The van der Waals surface area contributed by atoms with Crippen LogP contribution in [-0.2, 0) is 16.1 Å². The highest BCUT2D eigenvalue weighted by atomic mass is 16.5. The largest absolute Gasteiger partial charge is 0.378 e. The molecule has 0 saturated carbocycles. The van der Waals surface area contributed by atoms with Crippen molar-refractivity contribution in [2.24, 2.45) is 0 Å². The van der Waals surface area contributed by atoms with Gasteiger partial charge in [-0.05, 0) is 52.0 Å². The predicted molar refractivity (Wildman–Crippen MR) is 86.8 cm³/mol. The van der Waals surface area contributed by atoms with Crippen molar-refractivity contribution in [2.75, 3.05) is 20.2 Å². The van der Waals surface area contributed by atoms with Crippen molar-refractivity contribution < 1.29 is 9.53 Å². The van der Waals surface area contributed by atoms with Crippen molar-refractivity contribution in [3.05, 3.63) is 17.5 Å². The van der Waals surface area contributed by atoms with Gasteiger partial charge in [0.2, 0.25) is 5.91 Å². The fraction of sp³-hybridized carbons (Fsp3) is 0.765. The molecule has 0 spiro atoms. The van der Waals surface area contributed by atoms with Gasteiger partial charge in [-0.1, -0.05) is 0 Å². The summed E-state index contributed by atoms with van der Waals surface area (Å²) in [5.41, 5.74) is 2.20. The first-order chi connectivity index (χ1) is 10.6. The van der Waals surface area contributed by atoms with Gasteiger partial charge in [-0.25, -0.2) is 0 Å². The fourth-order valence-corrected chi connectivity index (χ4v) is 2.97. The van der Waals surface area contributed by atoms with E-state index in [0.29, 0.717) is 12.5 Å². The topological polar surface area (TPSA) is 47.4 Å². The lowest BCUT2D eigenvalue weighted by atomic mass is 10.1. The van der Waals surface area contributed by atoms with Crippen LogP contribution in [0.5, 0.6) is 0 Å². The molecule has 0 radical (unpaired) electrons. The second-order valence-electron chi connectivity index (χ2n) is 6.35. The highest BCUT2D eigenvalue weighted by Gasteiger charge is 2.16. The van der Waals surface area contributed by atoms with Crippen LogP contribution in [0.1, 0.15) is 49.9 Å². The standard InChI is InChI=1S/C17H29N3O2/c1-14-13-15(2)20(18-14)10-6-8-17(21)19(3)11-9-16-7-4-5-12-22-16/h13,16H,4-12H2,1-3H3/t16-/m1/s1. The predicted octanol–water partition coefficient (Wildman–Crippen LogP) is 2.70. The van der Waals surface area contributed by atoms with Gasteiger partial charge in [0, 0.05) is 38.9 Å². The van der Waals surface area contributed by atoms with Crippen LogP contribution < -0.4 is 0 Å². The summed E-state index contributed by atoms with van der Waals surface area (Å²) < 4.78 is 7.70. The number of carbonyl (C=O) groups is 1. The molecule has 2 rings (SSSR count). The smallest absolute Gasteiger partial charge is 0.222 e. The van der Waals surface area contributed by atoms with E-state index in [9.17, 15) is 4.79 Å². The molecular formula is C17H29N3O2. The molecule has 1 aromatic rings. The van der Waals surface area contributed by atoms with Crippen LogP contribution in [0.3, 0.4) is 0 Å². The Morgan fingerprint density at radius 3 is 2.91 bits per heavy atom. The van der Waals surface area contributed by atoms with Crippen LogP contribution in [0, 0.1) is 13.8 Å². The van der Waals surface area contributed by atoms with Crippen LogP contribution in [-0.4, -0.2) is 46.9 Å². The Hall–Kier alpha value is -1.36. The van der Waals surface area contributed by atoms with E-state index in [1.54, 1.807) is 0 Å². The molecule has 1 aliphatic heterocycles. The molecule has 0 N–H and O–H groups in total.